The van der Waals surface area contributed by atoms with Crippen molar-refractivity contribution in [1.29, 1.82) is 0 Å². The van der Waals surface area contributed by atoms with Crippen LogP contribution in [-0.2, 0) is 16.1 Å². The van der Waals surface area contributed by atoms with Crippen molar-refractivity contribution in [2.24, 2.45) is 11.3 Å². The van der Waals surface area contributed by atoms with Gasteiger partial charge >= 0.3 is 12.1 Å². The Labute approximate surface area is 124 Å². The van der Waals surface area contributed by atoms with Gasteiger partial charge in [0.05, 0.1) is 5.92 Å². The normalized spacial score (nSPS) is 20.9. The predicted octanol–water partition coefficient (Wildman–Crippen LogP) is 2.76. The molecule has 1 aliphatic heterocycles. The van der Waals surface area contributed by atoms with E-state index >= 15 is 0 Å². The molecule has 114 valence electrons. The number of likely N-dealkylation sites (tertiary alicyclic amines) is 1. The predicted molar refractivity (Wildman–Crippen MR) is 77.7 cm³/mol. The van der Waals surface area contributed by atoms with Crippen molar-refractivity contribution in [3.05, 3.63) is 35.9 Å². The molecule has 1 aromatic rings. The smallest absolute Gasteiger partial charge is 0.410 e. The molecule has 0 aromatic heterocycles. The number of hydrogen-bond donors (Lipinski definition) is 1. The Kier molecular flexibility index (Phi) is 4.50. The van der Waals surface area contributed by atoms with E-state index in [1.165, 1.54) is 0 Å². The van der Waals surface area contributed by atoms with Crippen LogP contribution in [0.5, 0.6) is 0 Å². The molecule has 1 heterocycles. The zero-order valence-corrected chi connectivity index (χ0v) is 12.4. The molecule has 1 saturated heterocycles. The van der Waals surface area contributed by atoms with Gasteiger partial charge in [-0.15, -0.1) is 0 Å². The van der Waals surface area contributed by atoms with Crippen molar-refractivity contribution < 1.29 is 19.4 Å². The van der Waals surface area contributed by atoms with Gasteiger partial charge in [0, 0.05) is 13.1 Å². The van der Waals surface area contributed by atoms with Crippen LogP contribution in [0.3, 0.4) is 0 Å². The minimum absolute atomic E-state index is 0.235. The molecule has 1 amide bonds. The number of aliphatic carboxylic acids is 1. The zero-order valence-electron chi connectivity index (χ0n) is 12.4. The number of benzene rings is 1. The highest BCUT2D eigenvalue weighted by Crippen LogP contribution is 2.35. The summed E-state index contributed by atoms with van der Waals surface area (Å²) in [6.07, 6.45) is 0.0822. The number of carbonyl (C=O) groups excluding carboxylic acids is 1. The second-order valence-corrected chi connectivity index (χ2v) is 6.13. The number of rotatable bonds is 3. The number of ether oxygens (including phenoxy) is 1. The third-order valence-electron chi connectivity index (χ3n) is 3.99. The van der Waals surface area contributed by atoms with Gasteiger partial charge in [-0.25, -0.2) is 4.79 Å². The highest BCUT2D eigenvalue weighted by Gasteiger charge is 2.41. The van der Waals surface area contributed by atoms with E-state index in [1.54, 1.807) is 4.90 Å². The standard InChI is InChI=1S/C16H21NO4/c1-16(2)11-17(9-8-13(16)14(18)19)15(20)21-10-12-6-4-3-5-7-12/h3-7,13H,8-11H2,1-2H3,(H,18,19). The van der Waals surface area contributed by atoms with Crippen molar-refractivity contribution in [1.82, 2.24) is 4.90 Å². The van der Waals surface area contributed by atoms with Crippen LogP contribution in [0.15, 0.2) is 30.3 Å². The van der Waals surface area contributed by atoms with Gasteiger partial charge in [-0.05, 0) is 17.4 Å². The van der Waals surface area contributed by atoms with E-state index in [0.717, 1.165) is 5.56 Å². The molecule has 1 unspecified atom stereocenters. The monoisotopic (exact) mass is 291 g/mol. The van der Waals surface area contributed by atoms with E-state index in [0.29, 0.717) is 19.5 Å². The maximum Gasteiger partial charge on any atom is 0.410 e. The molecule has 21 heavy (non-hydrogen) atoms. The van der Waals surface area contributed by atoms with Gasteiger partial charge in [-0.1, -0.05) is 44.2 Å². The minimum Gasteiger partial charge on any atom is -0.481 e. The molecule has 1 N–H and O–H groups in total. The third kappa shape index (κ3) is 3.74. The Morgan fingerprint density at radius 2 is 2.00 bits per heavy atom. The quantitative estimate of drug-likeness (QED) is 0.930. The number of amides is 1. The first kappa shape index (κ1) is 15.4. The fourth-order valence-corrected chi connectivity index (χ4v) is 2.78. The van der Waals surface area contributed by atoms with Crippen molar-refractivity contribution in [3.8, 4) is 0 Å². The van der Waals surface area contributed by atoms with Crippen LogP contribution >= 0.6 is 0 Å². The van der Waals surface area contributed by atoms with Crippen LogP contribution in [0.2, 0.25) is 0 Å². The van der Waals surface area contributed by atoms with E-state index in [2.05, 4.69) is 0 Å². The van der Waals surface area contributed by atoms with Crippen molar-refractivity contribution in [3.63, 3.8) is 0 Å². The van der Waals surface area contributed by atoms with E-state index in [1.807, 2.05) is 44.2 Å². The van der Waals surface area contributed by atoms with E-state index in [4.69, 9.17) is 4.74 Å². The number of nitrogens with zero attached hydrogens (tertiary/aromatic N) is 1. The molecule has 5 heteroatoms. The molecule has 1 aliphatic rings. The molecule has 0 aliphatic carbocycles. The van der Waals surface area contributed by atoms with Gasteiger partial charge in [-0.3, -0.25) is 4.79 Å². The summed E-state index contributed by atoms with van der Waals surface area (Å²) in [5, 5.41) is 9.22. The summed E-state index contributed by atoms with van der Waals surface area (Å²) < 4.78 is 5.30. The molecular weight excluding hydrogens is 270 g/mol. The largest absolute Gasteiger partial charge is 0.481 e. The molecule has 1 aromatic carbocycles. The summed E-state index contributed by atoms with van der Waals surface area (Å²) in [6, 6.07) is 9.49. The van der Waals surface area contributed by atoms with E-state index in [-0.39, 0.29) is 12.7 Å². The van der Waals surface area contributed by atoms with Gasteiger partial charge in [0.25, 0.3) is 0 Å². The van der Waals surface area contributed by atoms with Crippen LogP contribution in [0, 0.1) is 11.3 Å². The molecule has 0 bridgehead atoms. The van der Waals surface area contributed by atoms with Crippen LogP contribution in [0.1, 0.15) is 25.8 Å². The molecule has 0 spiro atoms. The van der Waals surface area contributed by atoms with E-state index in [9.17, 15) is 14.7 Å². The minimum atomic E-state index is -0.794. The van der Waals surface area contributed by atoms with Gasteiger partial charge < -0.3 is 14.7 Å². The summed E-state index contributed by atoms with van der Waals surface area (Å²) in [6.45, 7) is 4.81. The molecular formula is C16H21NO4. The lowest BCUT2D eigenvalue weighted by Gasteiger charge is -2.41. The van der Waals surface area contributed by atoms with Gasteiger partial charge in [0.1, 0.15) is 6.61 Å². The van der Waals surface area contributed by atoms with Gasteiger partial charge in [-0.2, -0.15) is 0 Å². The first-order valence-corrected chi connectivity index (χ1v) is 7.08. The fourth-order valence-electron chi connectivity index (χ4n) is 2.78. The summed E-state index contributed by atoms with van der Waals surface area (Å²) in [5.74, 6) is -1.21. The lowest BCUT2D eigenvalue weighted by Crippen LogP contribution is -2.50. The van der Waals surface area contributed by atoms with Gasteiger partial charge in [0.15, 0.2) is 0 Å². The lowest BCUT2D eigenvalue weighted by molar-refractivity contribution is -0.148. The summed E-state index contributed by atoms with van der Waals surface area (Å²) in [4.78, 5) is 24.9. The third-order valence-corrected chi connectivity index (χ3v) is 3.99. The summed E-state index contributed by atoms with van der Waals surface area (Å²) >= 11 is 0. The Morgan fingerprint density at radius 3 is 2.57 bits per heavy atom. The lowest BCUT2D eigenvalue weighted by atomic mass is 9.74. The topological polar surface area (TPSA) is 66.8 Å². The zero-order chi connectivity index (χ0) is 15.5. The number of carbonyl (C=O) groups is 2. The molecule has 5 nitrogen and oxygen atoms in total. The fraction of sp³-hybridized carbons (Fsp3) is 0.500. The molecule has 0 radical (unpaired) electrons. The summed E-state index contributed by atoms with van der Waals surface area (Å²) in [5.41, 5.74) is 0.487. The Balaban J connectivity index is 1.91. The first-order valence-electron chi connectivity index (χ1n) is 7.08. The number of piperidine rings is 1. The first-order chi connectivity index (χ1) is 9.90. The number of carboxylic acid groups (broad SMARTS) is 1. The Morgan fingerprint density at radius 1 is 1.33 bits per heavy atom. The second kappa shape index (κ2) is 6.16. The van der Waals surface area contributed by atoms with Crippen LogP contribution in [0.25, 0.3) is 0 Å². The summed E-state index contributed by atoms with van der Waals surface area (Å²) in [7, 11) is 0. The van der Waals surface area contributed by atoms with Gasteiger partial charge in [0.2, 0.25) is 0 Å². The maximum absolute atomic E-state index is 12.1. The Hall–Kier alpha value is -2.04. The van der Waals surface area contributed by atoms with Crippen molar-refractivity contribution in [2.75, 3.05) is 13.1 Å². The molecule has 2 rings (SSSR count). The highest BCUT2D eigenvalue weighted by molar-refractivity contribution is 5.72. The molecule has 1 atom stereocenters. The van der Waals surface area contributed by atoms with Crippen LogP contribution in [0.4, 0.5) is 4.79 Å². The highest BCUT2D eigenvalue weighted by atomic mass is 16.6. The number of hydrogen-bond acceptors (Lipinski definition) is 3. The van der Waals surface area contributed by atoms with Crippen molar-refractivity contribution in [2.45, 2.75) is 26.9 Å². The van der Waals surface area contributed by atoms with Crippen molar-refractivity contribution >= 4 is 12.1 Å². The maximum atomic E-state index is 12.1. The number of carboxylic acids is 1. The second-order valence-electron chi connectivity index (χ2n) is 6.13. The molecule has 0 saturated carbocycles. The average Bonchev–Trinajstić information content (AvgIpc) is 2.44. The Bertz CT molecular complexity index is 512. The average molecular weight is 291 g/mol. The SMILES string of the molecule is CC1(C)CN(C(=O)OCc2ccccc2)CCC1C(=O)O. The van der Waals surface area contributed by atoms with E-state index < -0.39 is 17.3 Å². The molecule has 1 fully saturated rings. The van der Waals surface area contributed by atoms with Crippen LogP contribution in [-0.4, -0.2) is 35.2 Å². The van der Waals surface area contributed by atoms with Crippen LogP contribution < -0.4 is 0 Å².